The van der Waals surface area contributed by atoms with Gasteiger partial charge in [-0.15, -0.1) is 0 Å². The summed E-state index contributed by atoms with van der Waals surface area (Å²) in [6, 6.07) is 5.55. The molecule has 0 amide bonds. The third kappa shape index (κ3) is 2.43. The molecular weight excluding hydrogens is 344 g/mol. The summed E-state index contributed by atoms with van der Waals surface area (Å²) in [5.74, 6) is 6.50. The average molecular weight is 354 g/mol. The topological polar surface area (TPSA) is 80.3 Å². The van der Waals surface area contributed by atoms with Gasteiger partial charge in [-0.1, -0.05) is 27.5 Å². The van der Waals surface area contributed by atoms with Crippen molar-refractivity contribution in [1.29, 1.82) is 0 Å². The van der Waals surface area contributed by atoms with Crippen molar-refractivity contribution in [1.82, 2.24) is 14.4 Å². The predicted molar refractivity (Wildman–Crippen MR) is 83.2 cm³/mol. The van der Waals surface area contributed by atoms with Crippen LogP contribution in [0, 0.1) is 0 Å². The van der Waals surface area contributed by atoms with Gasteiger partial charge in [0.1, 0.15) is 0 Å². The minimum absolute atomic E-state index is 0.520. The van der Waals surface area contributed by atoms with Crippen LogP contribution in [0.2, 0.25) is 5.02 Å². The number of fused-ring (bicyclic) bond motifs is 1. The molecule has 0 saturated heterocycles. The Morgan fingerprint density at radius 3 is 2.95 bits per heavy atom. The molecule has 0 spiro atoms. The van der Waals surface area contributed by atoms with Crippen LogP contribution in [-0.4, -0.2) is 14.4 Å². The second-order valence-electron chi connectivity index (χ2n) is 4.03. The van der Waals surface area contributed by atoms with Crippen molar-refractivity contribution in [2.45, 2.75) is 0 Å². The Bertz CT molecular complexity index is 772. The molecule has 6 nitrogen and oxygen atoms in total. The molecule has 0 saturated carbocycles. The Labute approximate surface area is 128 Å². The highest BCUT2D eigenvalue weighted by Gasteiger charge is 2.09. The molecular formula is C12H10BrClN6. The van der Waals surface area contributed by atoms with E-state index in [0.29, 0.717) is 22.3 Å². The fourth-order valence-corrected chi connectivity index (χ4v) is 2.52. The van der Waals surface area contributed by atoms with Gasteiger partial charge in [0.2, 0.25) is 0 Å². The fraction of sp³-hybridized carbons (Fsp3) is 0. The molecule has 2 aromatic heterocycles. The molecule has 0 atom stereocenters. The zero-order valence-electron chi connectivity index (χ0n) is 10.1. The van der Waals surface area contributed by atoms with Crippen LogP contribution >= 0.6 is 27.5 Å². The highest BCUT2D eigenvalue weighted by molar-refractivity contribution is 9.10. The Balaban J connectivity index is 2.07. The lowest BCUT2D eigenvalue weighted by Crippen LogP contribution is -2.11. The summed E-state index contributed by atoms with van der Waals surface area (Å²) in [6.45, 7) is 0. The van der Waals surface area contributed by atoms with E-state index in [1.807, 2.05) is 22.7 Å². The van der Waals surface area contributed by atoms with E-state index < -0.39 is 0 Å². The SMILES string of the molecule is NNc1cn2ccnc2c(Nc2ccc(Br)cc2Cl)n1. The maximum absolute atomic E-state index is 6.19. The van der Waals surface area contributed by atoms with Crippen molar-refractivity contribution >= 4 is 50.5 Å². The van der Waals surface area contributed by atoms with E-state index in [4.69, 9.17) is 17.4 Å². The summed E-state index contributed by atoms with van der Waals surface area (Å²) in [4.78, 5) is 8.60. The number of nitrogen functional groups attached to an aromatic ring is 1. The van der Waals surface area contributed by atoms with Gasteiger partial charge in [0.25, 0.3) is 0 Å². The minimum Gasteiger partial charge on any atom is -0.336 e. The van der Waals surface area contributed by atoms with Crippen molar-refractivity contribution < 1.29 is 0 Å². The van der Waals surface area contributed by atoms with Crippen LogP contribution in [0.15, 0.2) is 41.3 Å². The van der Waals surface area contributed by atoms with Crippen molar-refractivity contribution in [2.24, 2.45) is 5.84 Å². The average Bonchev–Trinajstić information content (AvgIpc) is 2.90. The van der Waals surface area contributed by atoms with Crippen LogP contribution in [0.3, 0.4) is 0 Å². The molecule has 0 bridgehead atoms. The van der Waals surface area contributed by atoms with Gasteiger partial charge in [-0.25, -0.2) is 15.8 Å². The number of rotatable bonds is 3. The number of hydrogen-bond donors (Lipinski definition) is 3. The standard InChI is InChI=1S/C12H10BrClN6/c13-7-1-2-9(8(14)5-7)17-11-12-16-3-4-20(12)6-10(18-11)19-15/h1-6,19H,15H2,(H,17,18). The second-order valence-corrected chi connectivity index (χ2v) is 5.35. The first kappa shape index (κ1) is 13.2. The molecule has 4 N–H and O–H groups in total. The van der Waals surface area contributed by atoms with E-state index in [2.05, 4.69) is 36.6 Å². The molecule has 0 unspecified atom stereocenters. The van der Waals surface area contributed by atoms with Gasteiger partial charge in [-0.05, 0) is 18.2 Å². The number of imidazole rings is 1. The van der Waals surface area contributed by atoms with E-state index in [1.165, 1.54) is 0 Å². The summed E-state index contributed by atoms with van der Waals surface area (Å²) in [5.41, 5.74) is 3.94. The number of nitrogens with zero attached hydrogens (tertiary/aromatic N) is 3. The Hall–Kier alpha value is -1.83. The summed E-state index contributed by atoms with van der Waals surface area (Å²) >= 11 is 9.56. The molecule has 20 heavy (non-hydrogen) atoms. The first-order valence-corrected chi connectivity index (χ1v) is 6.87. The number of anilines is 3. The summed E-state index contributed by atoms with van der Waals surface area (Å²) in [5, 5.41) is 3.74. The molecule has 8 heteroatoms. The van der Waals surface area contributed by atoms with E-state index in [0.717, 1.165) is 10.2 Å². The van der Waals surface area contributed by atoms with Crippen LogP contribution in [0.1, 0.15) is 0 Å². The van der Waals surface area contributed by atoms with E-state index in [1.54, 1.807) is 18.5 Å². The number of aromatic nitrogens is 3. The maximum atomic E-state index is 6.19. The van der Waals surface area contributed by atoms with Crippen LogP contribution in [0.5, 0.6) is 0 Å². The van der Waals surface area contributed by atoms with Crippen molar-refractivity contribution in [3.05, 3.63) is 46.3 Å². The predicted octanol–water partition coefficient (Wildman–Crippen LogP) is 3.17. The monoisotopic (exact) mass is 352 g/mol. The molecule has 2 heterocycles. The number of nitrogens with two attached hydrogens (primary N) is 1. The van der Waals surface area contributed by atoms with Crippen LogP contribution in [-0.2, 0) is 0 Å². The number of halogens is 2. The van der Waals surface area contributed by atoms with E-state index in [9.17, 15) is 0 Å². The Morgan fingerprint density at radius 1 is 1.35 bits per heavy atom. The van der Waals surface area contributed by atoms with Gasteiger partial charge < -0.3 is 15.1 Å². The van der Waals surface area contributed by atoms with Crippen LogP contribution in [0.25, 0.3) is 5.65 Å². The lowest BCUT2D eigenvalue weighted by atomic mass is 10.3. The van der Waals surface area contributed by atoms with Gasteiger partial charge in [0, 0.05) is 16.9 Å². The Kier molecular flexibility index (Phi) is 3.47. The maximum Gasteiger partial charge on any atom is 0.180 e. The van der Waals surface area contributed by atoms with Crippen molar-refractivity contribution in [2.75, 3.05) is 10.7 Å². The smallest absolute Gasteiger partial charge is 0.180 e. The van der Waals surface area contributed by atoms with Crippen LogP contribution < -0.4 is 16.6 Å². The summed E-state index contributed by atoms with van der Waals surface area (Å²) in [6.07, 6.45) is 5.24. The molecule has 3 aromatic rings. The molecule has 0 aliphatic rings. The van der Waals surface area contributed by atoms with Crippen LogP contribution in [0.4, 0.5) is 17.3 Å². The zero-order chi connectivity index (χ0) is 14.1. The van der Waals surface area contributed by atoms with Gasteiger partial charge in [-0.3, -0.25) is 0 Å². The van der Waals surface area contributed by atoms with Gasteiger partial charge in [0.15, 0.2) is 17.3 Å². The second kappa shape index (κ2) is 5.28. The number of hydrazine groups is 1. The quantitative estimate of drug-likeness (QED) is 0.498. The molecule has 0 radical (unpaired) electrons. The molecule has 102 valence electrons. The van der Waals surface area contributed by atoms with Crippen molar-refractivity contribution in [3.8, 4) is 0 Å². The molecule has 3 rings (SSSR count). The minimum atomic E-state index is 0.520. The fourth-order valence-electron chi connectivity index (χ4n) is 1.80. The third-order valence-corrected chi connectivity index (χ3v) is 3.51. The number of benzene rings is 1. The number of hydrogen-bond acceptors (Lipinski definition) is 5. The highest BCUT2D eigenvalue weighted by atomic mass is 79.9. The largest absolute Gasteiger partial charge is 0.336 e. The van der Waals surface area contributed by atoms with Gasteiger partial charge >= 0.3 is 0 Å². The zero-order valence-corrected chi connectivity index (χ0v) is 12.5. The first-order chi connectivity index (χ1) is 9.67. The molecule has 0 aliphatic carbocycles. The normalized spacial score (nSPS) is 10.8. The highest BCUT2D eigenvalue weighted by Crippen LogP contribution is 2.29. The Morgan fingerprint density at radius 2 is 2.20 bits per heavy atom. The van der Waals surface area contributed by atoms with E-state index in [-0.39, 0.29) is 0 Å². The lowest BCUT2D eigenvalue weighted by Gasteiger charge is -2.10. The lowest BCUT2D eigenvalue weighted by molar-refractivity contribution is 1.11. The van der Waals surface area contributed by atoms with Crippen molar-refractivity contribution in [3.63, 3.8) is 0 Å². The third-order valence-electron chi connectivity index (χ3n) is 2.71. The van der Waals surface area contributed by atoms with Gasteiger partial charge in [0.05, 0.1) is 16.9 Å². The molecule has 1 aromatic carbocycles. The van der Waals surface area contributed by atoms with Gasteiger partial charge in [-0.2, -0.15) is 0 Å². The summed E-state index contributed by atoms with van der Waals surface area (Å²) in [7, 11) is 0. The molecule has 0 aliphatic heterocycles. The first-order valence-electron chi connectivity index (χ1n) is 5.70. The molecule has 0 fully saturated rings. The summed E-state index contributed by atoms with van der Waals surface area (Å²) < 4.78 is 2.72. The number of nitrogens with one attached hydrogen (secondary N) is 2. The van der Waals surface area contributed by atoms with E-state index >= 15 is 0 Å².